The van der Waals surface area contributed by atoms with E-state index in [0.717, 1.165) is 19.3 Å². The van der Waals surface area contributed by atoms with Gasteiger partial charge in [0.15, 0.2) is 0 Å². The molecule has 0 saturated heterocycles. The molecular formula is C11H18O2. The largest absolute Gasteiger partial charge is 0.461 e. The summed E-state index contributed by atoms with van der Waals surface area (Å²) in [4.78, 5) is 10.9. The van der Waals surface area contributed by atoms with Gasteiger partial charge >= 0.3 is 5.97 Å². The van der Waals surface area contributed by atoms with Crippen LogP contribution in [0.3, 0.4) is 0 Å². The summed E-state index contributed by atoms with van der Waals surface area (Å²) >= 11 is 0. The van der Waals surface area contributed by atoms with Gasteiger partial charge in [-0.25, -0.2) is 0 Å². The van der Waals surface area contributed by atoms with E-state index in [1.165, 1.54) is 0 Å². The van der Waals surface area contributed by atoms with Gasteiger partial charge < -0.3 is 4.74 Å². The van der Waals surface area contributed by atoms with Gasteiger partial charge in [-0.3, -0.25) is 4.79 Å². The van der Waals surface area contributed by atoms with Gasteiger partial charge in [-0.1, -0.05) is 31.7 Å². The normalized spacial score (nSPS) is 10.2. The average Bonchev–Trinajstić information content (AvgIpc) is 2.14. The molecule has 0 spiro atoms. The Hall–Kier alpha value is -1.05. The van der Waals surface area contributed by atoms with E-state index in [-0.39, 0.29) is 5.97 Å². The van der Waals surface area contributed by atoms with Crippen LogP contribution in [0, 0.1) is 0 Å². The van der Waals surface area contributed by atoms with Crippen LogP contribution in [0.4, 0.5) is 0 Å². The third-order valence-electron chi connectivity index (χ3n) is 1.52. The molecular weight excluding hydrogens is 164 g/mol. The van der Waals surface area contributed by atoms with Gasteiger partial charge in [0.05, 0.1) is 0 Å². The van der Waals surface area contributed by atoms with Crippen LogP contribution in [-0.2, 0) is 9.53 Å². The predicted molar refractivity (Wildman–Crippen MR) is 54.4 cm³/mol. The molecule has 0 unspecified atom stereocenters. The molecule has 0 aliphatic heterocycles. The molecule has 0 atom stereocenters. The van der Waals surface area contributed by atoms with Gasteiger partial charge in [0.1, 0.15) is 6.61 Å². The van der Waals surface area contributed by atoms with Gasteiger partial charge in [-0.05, 0) is 19.3 Å². The monoisotopic (exact) mass is 182 g/mol. The molecule has 0 aromatic rings. The fourth-order valence-corrected chi connectivity index (χ4v) is 0.873. The van der Waals surface area contributed by atoms with E-state index in [4.69, 9.17) is 4.74 Å². The summed E-state index contributed by atoms with van der Waals surface area (Å²) in [6.07, 6.45) is 9.16. The first kappa shape index (κ1) is 11.9. The molecule has 0 saturated carbocycles. The lowest BCUT2D eigenvalue weighted by atomic mass is 10.2. The van der Waals surface area contributed by atoms with Crippen LogP contribution in [0.2, 0.25) is 0 Å². The second kappa shape index (κ2) is 9.04. The lowest BCUT2D eigenvalue weighted by Crippen LogP contribution is -2.03. The minimum atomic E-state index is -0.134. The van der Waals surface area contributed by atoms with Crippen molar-refractivity contribution >= 4 is 5.97 Å². The number of hydrogen-bond acceptors (Lipinski definition) is 2. The maximum atomic E-state index is 10.9. The Balaban J connectivity index is 3.26. The zero-order valence-electron chi connectivity index (χ0n) is 8.29. The zero-order valence-corrected chi connectivity index (χ0v) is 8.29. The van der Waals surface area contributed by atoms with Gasteiger partial charge in [-0.2, -0.15) is 0 Å². The average molecular weight is 182 g/mol. The summed E-state index contributed by atoms with van der Waals surface area (Å²) in [6.45, 7) is 5.88. The third kappa shape index (κ3) is 8.86. The highest BCUT2D eigenvalue weighted by Gasteiger charge is 1.98. The molecule has 0 fully saturated rings. The van der Waals surface area contributed by atoms with Crippen molar-refractivity contribution in [3.05, 3.63) is 24.8 Å². The van der Waals surface area contributed by atoms with E-state index in [1.807, 2.05) is 0 Å². The van der Waals surface area contributed by atoms with Crippen molar-refractivity contribution in [2.75, 3.05) is 6.61 Å². The van der Waals surface area contributed by atoms with Crippen LogP contribution in [0.25, 0.3) is 0 Å². The van der Waals surface area contributed by atoms with Crippen molar-refractivity contribution in [2.24, 2.45) is 0 Å². The number of allylic oxidation sites excluding steroid dienone is 2. The quantitative estimate of drug-likeness (QED) is 0.344. The molecule has 2 heteroatoms. The Labute approximate surface area is 80.3 Å². The predicted octanol–water partition coefficient (Wildman–Crippen LogP) is 2.85. The van der Waals surface area contributed by atoms with Gasteiger partial charge in [0, 0.05) is 6.42 Å². The van der Waals surface area contributed by atoms with Crippen LogP contribution in [0.15, 0.2) is 24.8 Å². The first-order valence-corrected chi connectivity index (χ1v) is 4.72. The van der Waals surface area contributed by atoms with Crippen molar-refractivity contribution in [2.45, 2.75) is 32.6 Å². The van der Waals surface area contributed by atoms with Crippen LogP contribution < -0.4 is 0 Å². The fourth-order valence-electron chi connectivity index (χ4n) is 0.873. The van der Waals surface area contributed by atoms with Crippen molar-refractivity contribution < 1.29 is 9.53 Å². The molecule has 0 N–H and O–H groups in total. The van der Waals surface area contributed by atoms with Crippen molar-refractivity contribution in [3.8, 4) is 0 Å². The summed E-state index contributed by atoms with van der Waals surface area (Å²) in [6, 6.07) is 0. The van der Waals surface area contributed by atoms with Gasteiger partial charge in [-0.15, -0.1) is 0 Å². The molecule has 0 radical (unpaired) electrons. The van der Waals surface area contributed by atoms with Crippen LogP contribution >= 0.6 is 0 Å². The molecule has 0 aliphatic rings. The Morgan fingerprint density at radius 3 is 2.85 bits per heavy atom. The van der Waals surface area contributed by atoms with E-state index in [1.54, 1.807) is 6.08 Å². The van der Waals surface area contributed by atoms with Crippen LogP contribution in [0.5, 0.6) is 0 Å². The van der Waals surface area contributed by atoms with Crippen molar-refractivity contribution in [3.63, 3.8) is 0 Å². The molecule has 0 amide bonds. The lowest BCUT2D eigenvalue weighted by molar-refractivity contribution is -0.142. The molecule has 13 heavy (non-hydrogen) atoms. The number of unbranched alkanes of at least 4 members (excludes halogenated alkanes) is 1. The van der Waals surface area contributed by atoms with Gasteiger partial charge in [0.2, 0.25) is 0 Å². The number of esters is 1. The van der Waals surface area contributed by atoms with E-state index in [9.17, 15) is 4.79 Å². The molecule has 0 rings (SSSR count). The van der Waals surface area contributed by atoms with Crippen molar-refractivity contribution in [1.29, 1.82) is 0 Å². The molecule has 74 valence electrons. The summed E-state index contributed by atoms with van der Waals surface area (Å²) in [5, 5.41) is 0. The second-order valence-electron chi connectivity index (χ2n) is 2.74. The summed E-state index contributed by atoms with van der Waals surface area (Å²) in [5.41, 5.74) is 0. The summed E-state index contributed by atoms with van der Waals surface area (Å²) in [7, 11) is 0. The summed E-state index contributed by atoms with van der Waals surface area (Å²) in [5.74, 6) is -0.134. The first-order valence-electron chi connectivity index (χ1n) is 4.72. The Kier molecular flexibility index (Phi) is 8.31. The van der Waals surface area contributed by atoms with Gasteiger partial charge in [0.25, 0.3) is 0 Å². The topological polar surface area (TPSA) is 26.3 Å². The summed E-state index contributed by atoms with van der Waals surface area (Å²) < 4.78 is 4.82. The second-order valence-corrected chi connectivity index (χ2v) is 2.74. The third-order valence-corrected chi connectivity index (χ3v) is 1.52. The standard InChI is InChI=1S/C11H18O2/c1-3-5-6-7-8-9-11(12)13-10-4-2/h4-6H,2-3,7-10H2,1H3/b6-5-. The minimum absolute atomic E-state index is 0.134. The zero-order chi connectivity index (χ0) is 9.94. The van der Waals surface area contributed by atoms with Crippen LogP contribution in [-0.4, -0.2) is 12.6 Å². The van der Waals surface area contributed by atoms with E-state index < -0.39 is 0 Å². The number of ether oxygens (including phenoxy) is 1. The Morgan fingerprint density at radius 2 is 2.23 bits per heavy atom. The highest BCUT2D eigenvalue weighted by atomic mass is 16.5. The number of rotatable bonds is 7. The van der Waals surface area contributed by atoms with E-state index in [0.29, 0.717) is 13.0 Å². The SMILES string of the molecule is C=CCOC(=O)CCC/C=C\CC. The lowest BCUT2D eigenvalue weighted by Gasteiger charge is -1.99. The molecule has 0 aromatic heterocycles. The maximum Gasteiger partial charge on any atom is 0.306 e. The van der Waals surface area contributed by atoms with Crippen molar-refractivity contribution in [1.82, 2.24) is 0 Å². The fraction of sp³-hybridized carbons (Fsp3) is 0.545. The molecule has 0 heterocycles. The number of carbonyl (C=O) groups is 1. The van der Waals surface area contributed by atoms with Crippen LogP contribution in [0.1, 0.15) is 32.6 Å². The highest BCUT2D eigenvalue weighted by molar-refractivity contribution is 5.69. The molecule has 0 aliphatic carbocycles. The van der Waals surface area contributed by atoms with E-state index >= 15 is 0 Å². The Bertz CT molecular complexity index is 171. The number of carbonyl (C=O) groups excluding carboxylic acids is 1. The smallest absolute Gasteiger partial charge is 0.306 e. The maximum absolute atomic E-state index is 10.9. The Morgan fingerprint density at radius 1 is 1.46 bits per heavy atom. The molecule has 0 bridgehead atoms. The molecule has 2 nitrogen and oxygen atoms in total. The molecule has 0 aromatic carbocycles. The number of hydrogen-bond donors (Lipinski definition) is 0. The van der Waals surface area contributed by atoms with E-state index in [2.05, 4.69) is 25.7 Å². The highest BCUT2D eigenvalue weighted by Crippen LogP contribution is 1.99. The minimum Gasteiger partial charge on any atom is -0.461 e. The first-order chi connectivity index (χ1) is 6.31.